The Morgan fingerprint density at radius 1 is 1.38 bits per heavy atom. The van der Waals surface area contributed by atoms with Crippen molar-refractivity contribution >= 4 is 15.9 Å². The molecule has 0 spiro atoms. The van der Waals surface area contributed by atoms with Crippen LogP contribution in [0, 0.1) is 5.92 Å². The smallest absolute Gasteiger partial charge is 0.0508 e. The molecule has 2 nitrogen and oxygen atoms in total. The highest BCUT2D eigenvalue weighted by Gasteiger charge is 2.25. The summed E-state index contributed by atoms with van der Waals surface area (Å²) in [6, 6.07) is 9.04. The van der Waals surface area contributed by atoms with Gasteiger partial charge in [0, 0.05) is 23.5 Å². The third-order valence-electron chi connectivity index (χ3n) is 3.20. The fraction of sp³-hybridized carbons (Fsp3) is 0.538. The molecule has 1 fully saturated rings. The Morgan fingerprint density at radius 3 is 2.81 bits per heavy atom. The zero-order chi connectivity index (χ0) is 11.4. The summed E-state index contributed by atoms with van der Waals surface area (Å²) in [7, 11) is 1.78. The van der Waals surface area contributed by atoms with E-state index in [2.05, 4.69) is 45.5 Å². The third kappa shape index (κ3) is 2.84. The van der Waals surface area contributed by atoms with Gasteiger partial charge in [-0.05, 0) is 37.1 Å². The van der Waals surface area contributed by atoms with Crippen LogP contribution in [-0.4, -0.2) is 20.3 Å². The van der Waals surface area contributed by atoms with Crippen LogP contribution < -0.4 is 5.32 Å². The Kier molecular flexibility index (Phi) is 4.38. The van der Waals surface area contributed by atoms with E-state index in [0.29, 0.717) is 12.0 Å². The lowest BCUT2D eigenvalue weighted by molar-refractivity contribution is 0.112. The molecule has 1 aromatic rings. The standard InChI is InChI=1S/C13H18BrNO/c1-16-9-11-3-2-8-15-13(11)10-4-6-12(14)7-5-10/h4-7,11,13,15H,2-3,8-9H2,1H3. The molecule has 2 atom stereocenters. The van der Waals surface area contributed by atoms with E-state index < -0.39 is 0 Å². The summed E-state index contributed by atoms with van der Waals surface area (Å²) in [5.74, 6) is 0.597. The summed E-state index contributed by atoms with van der Waals surface area (Å²) in [5.41, 5.74) is 1.37. The quantitative estimate of drug-likeness (QED) is 0.920. The van der Waals surface area contributed by atoms with E-state index in [1.165, 1.54) is 18.4 Å². The molecule has 2 unspecified atom stereocenters. The van der Waals surface area contributed by atoms with Crippen LogP contribution in [0.15, 0.2) is 28.7 Å². The van der Waals surface area contributed by atoms with Gasteiger partial charge < -0.3 is 10.1 Å². The Hall–Kier alpha value is -0.380. The van der Waals surface area contributed by atoms with Crippen LogP contribution in [0.1, 0.15) is 24.4 Å². The summed E-state index contributed by atoms with van der Waals surface area (Å²) in [6.07, 6.45) is 2.50. The van der Waals surface area contributed by atoms with Gasteiger partial charge in [0.2, 0.25) is 0 Å². The number of rotatable bonds is 3. The number of benzene rings is 1. The Morgan fingerprint density at radius 2 is 2.12 bits per heavy atom. The fourth-order valence-electron chi connectivity index (χ4n) is 2.41. The van der Waals surface area contributed by atoms with Crippen LogP contribution in [0.3, 0.4) is 0 Å². The van der Waals surface area contributed by atoms with Crippen LogP contribution in [0.5, 0.6) is 0 Å². The molecule has 2 rings (SSSR count). The lowest BCUT2D eigenvalue weighted by atomic mass is 9.87. The second kappa shape index (κ2) is 5.80. The molecule has 16 heavy (non-hydrogen) atoms. The second-order valence-corrected chi connectivity index (χ2v) is 5.26. The van der Waals surface area contributed by atoms with Gasteiger partial charge in [0.25, 0.3) is 0 Å². The van der Waals surface area contributed by atoms with Crippen molar-refractivity contribution < 1.29 is 4.74 Å². The van der Waals surface area contributed by atoms with E-state index in [1.807, 2.05) is 0 Å². The van der Waals surface area contributed by atoms with Gasteiger partial charge in [0.15, 0.2) is 0 Å². The Bertz CT molecular complexity index is 323. The minimum Gasteiger partial charge on any atom is -0.384 e. The predicted octanol–water partition coefficient (Wildman–Crippen LogP) is 3.14. The van der Waals surface area contributed by atoms with Crippen molar-refractivity contribution in [3.05, 3.63) is 34.3 Å². The van der Waals surface area contributed by atoms with Gasteiger partial charge in [-0.25, -0.2) is 0 Å². The minimum atomic E-state index is 0.446. The van der Waals surface area contributed by atoms with Crippen molar-refractivity contribution in [3.63, 3.8) is 0 Å². The van der Waals surface area contributed by atoms with Gasteiger partial charge in [-0.15, -0.1) is 0 Å². The molecule has 0 bridgehead atoms. The molecule has 1 aliphatic heterocycles. The SMILES string of the molecule is COCC1CCCNC1c1ccc(Br)cc1. The van der Waals surface area contributed by atoms with Crippen LogP contribution >= 0.6 is 15.9 Å². The third-order valence-corrected chi connectivity index (χ3v) is 3.73. The number of methoxy groups -OCH3 is 1. The Balaban J connectivity index is 2.13. The molecule has 0 radical (unpaired) electrons. The molecule has 0 aliphatic carbocycles. The molecule has 1 aliphatic rings. The zero-order valence-electron chi connectivity index (χ0n) is 9.58. The van der Waals surface area contributed by atoms with Gasteiger partial charge in [0.05, 0.1) is 6.61 Å². The van der Waals surface area contributed by atoms with E-state index in [9.17, 15) is 0 Å². The van der Waals surface area contributed by atoms with Gasteiger partial charge in [-0.3, -0.25) is 0 Å². The first-order valence-electron chi connectivity index (χ1n) is 5.79. The largest absolute Gasteiger partial charge is 0.384 e. The van der Waals surface area contributed by atoms with Crippen molar-refractivity contribution in [2.45, 2.75) is 18.9 Å². The predicted molar refractivity (Wildman–Crippen MR) is 69.5 cm³/mol. The zero-order valence-corrected chi connectivity index (χ0v) is 11.2. The average Bonchev–Trinajstić information content (AvgIpc) is 2.32. The number of halogens is 1. The van der Waals surface area contributed by atoms with E-state index in [-0.39, 0.29) is 0 Å². The monoisotopic (exact) mass is 283 g/mol. The van der Waals surface area contributed by atoms with Crippen LogP contribution in [-0.2, 0) is 4.74 Å². The van der Waals surface area contributed by atoms with Crippen LogP contribution in [0.25, 0.3) is 0 Å². The maximum Gasteiger partial charge on any atom is 0.0508 e. The fourth-order valence-corrected chi connectivity index (χ4v) is 2.67. The lowest BCUT2D eigenvalue weighted by Crippen LogP contribution is -2.36. The summed E-state index contributed by atoms with van der Waals surface area (Å²) in [4.78, 5) is 0. The summed E-state index contributed by atoms with van der Waals surface area (Å²) >= 11 is 3.47. The molecular weight excluding hydrogens is 266 g/mol. The molecule has 88 valence electrons. The van der Waals surface area contributed by atoms with E-state index in [0.717, 1.165) is 17.6 Å². The van der Waals surface area contributed by atoms with Crippen molar-refractivity contribution in [1.29, 1.82) is 0 Å². The summed E-state index contributed by atoms with van der Waals surface area (Å²) in [6.45, 7) is 1.95. The van der Waals surface area contributed by atoms with Crippen LogP contribution in [0.4, 0.5) is 0 Å². The highest BCUT2D eigenvalue weighted by Crippen LogP contribution is 2.30. The lowest BCUT2D eigenvalue weighted by Gasteiger charge is -2.32. The number of hydrogen-bond acceptors (Lipinski definition) is 2. The summed E-state index contributed by atoms with van der Waals surface area (Å²) < 4.78 is 6.44. The van der Waals surface area contributed by atoms with E-state index in [4.69, 9.17) is 4.74 Å². The van der Waals surface area contributed by atoms with Crippen molar-refractivity contribution in [3.8, 4) is 0 Å². The molecule has 1 saturated heterocycles. The van der Waals surface area contributed by atoms with Gasteiger partial charge in [-0.1, -0.05) is 28.1 Å². The Labute approximate surface area is 106 Å². The van der Waals surface area contributed by atoms with Crippen molar-refractivity contribution in [2.24, 2.45) is 5.92 Å². The average molecular weight is 284 g/mol. The maximum atomic E-state index is 5.31. The minimum absolute atomic E-state index is 0.446. The highest BCUT2D eigenvalue weighted by molar-refractivity contribution is 9.10. The molecule has 1 aromatic carbocycles. The van der Waals surface area contributed by atoms with Crippen LogP contribution in [0.2, 0.25) is 0 Å². The van der Waals surface area contributed by atoms with E-state index in [1.54, 1.807) is 7.11 Å². The molecular formula is C13H18BrNO. The number of nitrogens with one attached hydrogen (secondary N) is 1. The van der Waals surface area contributed by atoms with Gasteiger partial charge in [0.1, 0.15) is 0 Å². The molecule has 1 heterocycles. The normalized spacial score (nSPS) is 25.6. The molecule has 3 heteroatoms. The van der Waals surface area contributed by atoms with Crippen molar-refractivity contribution in [2.75, 3.05) is 20.3 Å². The number of piperidine rings is 1. The first-order chi connectivity index (χ1) is 7.81. The first kappa shape index (κ1) is 12.1. The van der Waals surface area contributed by atoms with Crippen molar-refractivity contribution in [1.82, 2.24) is 5.32 Å². The van der Waals surface area contributed by atoms with E-state index >= 15 is 0 Å². The molecule has 0 amide bonds. The maximum absolute atomic E-state index is 5.31. The number of hydrogen-bond donors (Lipinski definition) is 1. The molecule has 0 saturated carbocycles. The molecule has 1 N–H and O–H groups in total. The molecule has 0 aromatic heterocycles. The second-order valence-electron chi connectivity index (χ2n) is 4.34. The topological polar surface area (TPSA) is 21.3 Å². The number of ether oxygens (including phenoxy) is 1. The highest BCUT2D eigenvalue weighted by atomic mass is 79.9. The van der Waals surface area contributed by atoms with Gasteiger partial charge in [-0.2, -0.15) is 0 Å². The summed E-state index contributed by atoms with van der Waals surface area (Å²) in [5, 5.41) is 3.59. The van der Waals surface area contributed by atoms with Gasteiger partial charge >= 0.3 is 0 Å². The first-order valence-corrected chi connectivity index (χ1v) is 6.58.